The predicted octanol–water partition coefficient (Wildman–Crippen LogP) is 3.02. The van der Waals surface area contributed by atoms with Gasteiger partial charge in [0.15, 0.2) is 0 Å². The Morgan fingerprint density at radius 2 is 1.94 bits per heavy atom. The summed E-state index contributed by atoms with van der Waals surface area (Å²) in [5.74, 6) is 0.427. The van der Waals surface area contributed by atoms with Gasteiger partial charge in [-0.3, -0.25) is 4.79 Å². The number of rotatable bonds is 3. The molecule has 0 aliphatic rings. The number of anilines is 1. The molecule has 1 aromatic heterocycles. The fourth-order valence-electron chi connectivity index (χ4n) is 1.31. The molecule has 2 aromatic rings. The third-order valence-electron chi connectivity index (χ3n) is 2.09. The molecule has 0 atom stereocenters. The number of carbonyl (C=O) groups is 1. The van der Waals surface area contributed by atoms with Gasteiger partial charge >= 0.3 is 0 Å². The maximum absolute atomic E-state index is 10.3. The molecule has 0 saturated carbocycles. The first-order chi connectivity index (χ1) is 8.20. The van der Waals surface area contributed by atoms with E-state index in [0.717, 1.165) is 5.56 Å². The minimum atomic E-state index is 0.427. The summed E-state index contributed by atoms with van der Waals surface area (Å²) >= 11 is 11.7. The lowest BCUT2D eigenvalue weighted by atomic mass is 10.1. The summed E-state index contributed by atoms with van der Waals surface area (Å²) in [5.41, 5.74) is 1.46. The molecule has 4 nitrogen and oxygen atoms in total. The van der Waals surface area contributed by atoms with Crippen molar-refractivity contribution >= 4 is 35.4 Å². The molecule has 0 aliphatic heterocycles. The molecule has 17 heavy (non-hydrogen) atoms. The van der Waals surface area contributed by atoms with E-state index in [0.29, 0.717) is 28.0 Å². The van der Waals surface area contributed by atoms with Crippen molar-refractivity contribution in [1.29, 1.82) is 0 Å². The van der Waals surface area contributed by atoms with Crippen molar-refractivity contribution in [2.75, 3.05) is 5.32 Å². The van der Waals surface area contributed by atoms with Crippen LogP contribution in [0.25, 0.3) is 11.3 Å². The second kappa shape index (κ2) is 5.12. The van der Waals surface area contributed by atoms with Crippen molar-refractivity contribution in [2.24, 2.45) is 0 Å². The molecule has 0 aliphatic carbocycles. The second-order valence-electron chi connectivity index (χ2n) is 3.18. The highest BCUT2D eigenvalue weighted by atomic mass is 35.5. The SMILES string of the molecule is O=CNc1cc(-c2ccc(Cl)c(Cl)c2)ncn1. The Labute approximate surface area is 108 Å². The van der Waals surface area contributed by atoms with Crippen molar-refractivity contribution in [1.82, 2.24) is 9.97 Å². The van der Waals surface area contributed by atoms with E-state index >= 15 is 0 Å². The van der Waals surface area contributed by atoms with E-state index in [4.69, 9.17) is 23.2 Å². The molecule has 1 aromatic carbocycles. The van der Waals surface area contributed by atoms with Crippen LogP contribution in [0.5, 0.6) is 0 Å². The van der Waals surface area contributed by atoms with Gasteiger partial charge in [0.1, 0.15) is 12.1 Å². The van der Waals surface area contributed by atoms with Crippen LogP contribution in [0.4, 0.5) is 5.82 Å². The van der Waals surface area contributed by atoms with Gasteiger partial charge in [-0.05, 0) is 12.1 Å². The van der Waals surface area contributed by atoms with Crippen LogP contribution < -0.4 is 5.32 Å². The van der Waals surface area contributed by atoms with Crippen molar-refractivity contribution < 1.29 is 4.79 Å². The zero-order valence-electron chi connectivity index (χ0n) is 8.52. The van der Waals surface area contributed by atoms with E-state index in [9.17, 15) is 4.79 Å². The normalized spacial score (nSPS) is 10.0. The van der Waals surface area contributed by atoms with Crippen LogP contribution in [0.3, 0.4) is 0 Å². The minimum absolute atomic E-state index is 0.427. The highest BCUT2D eigenvalue weighted by Gasteiger charge is 2.04. The third-order valence-corrected chi connectivity index (χ3v) is 2.83. The van der Waals surface area contributed by atoms with E-state index in [1.165, 1.54) is 6.33 Å². The van der Waals surface area contributed by atoms with E-state index in [1.807, 2.05) is 0 Å². The molecular formula is C11H7Cl2N3O. The van der Waals surface area contributed by atoms with Crippen LogP contribution in [0.15, 0.2) is 30.6 Å². The van der Waals surface area contributed by atoms with Gasteiger partial charge in [0.05, 0.1) is 15.7 Å². The number of benzene rings is 1. The van der Waals surface area contributed by atoms with Crippen LogP contribution >= 0.6 is 23.2 Å². The topological polar surface area (TPSA) is 54.9 Å². The molecule has 1 amide bonds. The Balaban J connectivity index is 2.41. The first kappa shape index (κ1) is 11.8. The molecule has 1 N–H and O–H groups in total. The Bertz CT molecular complexity index is 560. The molecule has 0 bridgehead atoms. The van der Waals surface area contributed by atoms with Crippen LogP contribution in [0.2, 0.25) is 10.0 Å². The first-order valence-corrected chi connectivity index (χ1v) is 5.44. The number of carbonyl (C=O) groups excluding carboxylic acids is 1. The summed E-state index contributed by atoms with van der Waals surface area (Å²) in [7, 11) is 0. The van der Waals surface area contributed by atoms with Crippen molar-refractivity contribution in [3.8, 4) is 11.3 Å². The molecule has 0 fully saturated rings. The highest BCUT2D eigenvalue weighted by Crippen LogP contribution is 2.27. The summed E-state index contributed by atoms with van der Waals surface area (Å²) in [6.07, 6.45) is 1.92. The summed E-state index contributed by atoms with van der Waals surface area (Å²) in [6, 6.07) is 6.83. The van der Waals surface area contributed by atoms with Crippen molar-refractivity contribution in [3.05, 3.63) is 40.6 Å². The zero-order chi connectivity index (χ0) is 12.3. The number of halogens is 2. The summed E-state index contributed by atoms with van der Waals surface area (Å²) in [6.45, 7) is 0. The van der Waals surface area contributed by atoms with Crippen LogP contribution in [0.1, 0.15) is 0 Å². The Morgan fingerprint density at radius 1 is 1.12 bits per heavy atom. The van der Waals surface area contributed by atoms with Crippen LogP contribution in [-0.2, 0) is 4.79 Å². The monoisotopic (exact) mass is 267 g/mol. The van der Waals surface area contributed by atoms with E-state index in [2.05, 4.69) is 15.3 Å². The van der Waals surface area contributed by atoms with Gasteiger partial charge in [-0.15, -0.1) is 0 Å². The van der Waals surface area contributed by atoms with Gasteiger partial charge in [0.2, 0.25) is 6.41 Å². The average Bonchev–Trinajstić information content (AvgIpc) is 2.33. The number of hydrogen-bond acceptors (Lipinski definition) is 3. The molecule has 0 unspecified atom stereocenters. The number of nitrogens with one attached hydrogen (secondary N) is 1. The highest BCUT2D eigenvalue weighted by molar-refractivity contribution is 6.42. The van der Waals surface area contributed by atoms with Gasteiger partial charge < -0.3 is 5.32 Å². The maximum atomic E-state index is 10.3. The molecule has 0 radical (unpaired) electrons. The number of hydrogen-bond donors (Lipinski definition) is 1. The van der Waals surface area contributed by atoms with Crippen molar-refractivity contribution in [3.63, 3.8) is 0 Å². The quantitative estimate of drug-likeness (QED) is 0.870. The van der Waals surface area contributed by atoms with Crippen LogP contribution in [0, 0.1) is 0 Å². The first-order valence-electron chi connectivity index (χ1n) is 4.68. The lowest BCUT2D eigenvalue weighted by Gasteiger charge is -2.04. The zero-order valence-corrected chi connectivity index (χ0v) is 10.0. The average molecular weight is 268 g/mol. The van der Waals surface area contributed by atoms with Gasteiger partial charge in [-0.25, -0.2) is 9.97 Å². The molecule has 6 heteroatoms. The summed E-state index contributed by atoms with van der Waals surface area (Å²) in [5, 5.41) is 3.39. The Kier molecular flexibility index (Phi) is 3.56. The predicted molar refractivity (Wildman–Crippen MR) is 67.2 cm³/mol. The molecule has 86 valence electrons. The van der Waals surface area contributed by atoms with Crippen LogP contribution in [-0.4, -0.2) is 16.4 Å². The van der Waals surface area contributed by atoms with Gasteiger partial charge in [-0.2, -0.15) is 0 Å². The van der Waals surface area contributed by atoms with E-state index in [-0.39, 0.29) is 0 Å². The fraction of sp³-hybridized carbons (Fsp3) is 0. The molecule has 2 rings (SSSR count). The van der Waals surface area contributed by atoms with E-state index in [1.54, 1.807) is 24.3 Å². The second-order valence-corrected chi connectivity index (χ2v) is 3.99. The van der Waals surface area contributed by atoms with Gasteiger partial charge in [-0.1, -0.05) is 29.3 Å². The number of amides is 1. The molecule has 0 saturated heterocycles. The fourth-order valence-corrected chi connectivity index (χ4v) is 1.61. The standard InChI is InChI=1S/C11H7Cl2N3O/c12-8-2-1-7(3-9(8)13)10-4-11(16-6-17)15-5-14-10/h1-6H,(H,14,15,16,17). The maximum Gasteiger partial charge on any atom is 0.212 e. The Hall–Kier alpha value is -1.65. The minimum Gasteiger partial charge on any atom is -0.313 e. The number of nitrogens with zero attached hydrogens (tertiary/aromatic N) is 2. The molecular weight excluding hydrogens is 261 g/mol. The molecule has 0 spiro atoms. The largest absolute Gasteiger partial charge is 0.313 e. The summed E-state index contributed by atoms with van der Waals surface area (Å²) < 4.78 is 0. The summed E-state index contributed by atoms with van der Waals surface area (Å²) in [4.78, 5) is 18.3. The van der Waals surface area contributed by atoms with Gasteiger partial charge in [0.25, 0.3) is 0 Å². The van der Waals surface area contributed by atoms with Gasteiger partial charge in [0, 0.05) is 11.6 Å². The van der Waals surface area contributed by atoms with Crippen molar-refractivity contribution in [2.45, 2.75) is 0 Å². The smallest absolute Gasteiger partial charge is 0.212 e. The molecule has 1 heterocycles. The Morgan fingerprint density at radius 3 is 2.65 bits per heavy atom. The third kappa shape index (κ3) is 2.72. The lowest BCUT2D eigenvalue weighted by Crippen LogP contribution is -1.97. The van der Waals surface area contributed by atoms with E-state index < -0.39 is 0 Å². The number of aromatic nitrogens is 2. The lowest BCUT2D eigenvalue weighted by molar-refractivity contribution is -0.105.